The molecule has 2 rings (SSSR count). The maximum atomic E-state index is 11.9. The van der Waals surface area contributed by atoms with Gasteiger partial charge in [-0.2, -0.15) is 0 Å². The molecule has 0 fully saturated rings. The fraction of sp³-hybridized carbons (Fsp3) is 0.333. The highest BCUT2D eigenvalue weighted by molar-refractivity contribution is 5.84. The van der Waals surface area contributed by atoms with E-state index in [4.69, 9.17) is 9.57 Å². The number of nitrogens with zero attached hydrogens (tertiary/aromatic N) is 2. The van der Waals surface area contributed by atoms with Crippen LogP contribution in [0.4, 0.5) is 10.5 Å². The highest BCUT2D eigenvalue weighted by atomic mass is 16.7. The predicted octanol–water partition coefficient (Wildman–Crippen LogP) is 2.42. The maximum absolute atomic E-state index is 11.9. The fourth-order valence-corrected chi connectivity index (χ4v) is 1.99. The second-order valence-electron chi connectivity index (χ2n) is 4.58. The van der Waals surface area contributed by atoms with Crippen molar-refractivity contribution in [1.29, 1.82) is 0 Å². The molecule has 118 valence electrons. The number of hydrogen-bond acceptors (Lipinski definition) is 6. The van der Waals surface area contributed by atoms with Gasteiger partial charge in [0.05, 0.1) is 19.9 Å². The molecule has 0 aliphatic carbocycles. The Labute approximate surface area is 129 Å². The van der Waals surface area contributed by atoms with Gasteiger partial charge in [0.15, 0.2) is 0 Å². The summed E-state index contributed by atoms with van der Waals surface area (Å²) in [6.07, 6.45) is 3.87. The van der Waals surface area contributed by atoms with Crippen LogP contribution in [0.5, 0.6) is 5.75 Å². The number of anilines is 1. The lowest BCUT2D eigenvalue weighted by molar-refractivity contribution is -0.0872. The molecule has 0 unspecified atom stereocenters. The average Bonchev–Trinajstić information content (AvgIpc) is 2.53. The Morgan fingerprint density at radius 3 is 3.05 bits per heavy atom. The average molecular weight is 305 g/mol. The first-order chi connectivity index (χ1) is 10.7. The molecule has 7 nitrogen and oxygen atoms in total. The Morgan fingerprint density at radius 1 is 1.41 bits per heavy atom. The van der Waals surface area contributed by atoms with Crippen molar-refractivity contribution in [3.05, 3.63) is 35.9 Å². The standard InChI is InChI=1S/C15H19N3O4/c1-20-14-7-3-6-13(9-14)17-15(19)22-18-8-4-5-12(11-18)10-16-21-2/h3,5-7,9-10H,4,8,11H2,1-2H3,(H,17,19)/b16-10+. The van der Waals surface area contributed by atoms with Crippen LogP contribution in [0.2, 0.25) is 0 Å². The molecule has 1 aliphatic heterocycles. The van der Waals surface area contributed by atoms with Gasteiger partial charge in [-0.25, -0.2) is 4.79 Å². The third kappa shape index (κ3) is 4.78. The van der Waals surface area contributed by atoms with Crippen molar-refractivity contribution in [1.82, 2.24) is 5.06 Å². The van der Waals surface area contributed by atoms with Crippen molar-refractivity contribution in [2.24, 2.45) is 5.16 Å². The lowest BCUT2D eigenvalue weighted by atomic mass is 10.2. The van der Waals surface area contributed by atoms with Gasteiger partial charge >= 0.3 is 6.09 Å². The number of ether oxygens (including phenoxy) is 1. The number of benzene rings is 1. The second-order valence-corrected chi connectivity index (χ2v) is 4.58. The van der Waals surface area contributed by atoms with E-state index in [0.29, 0.717) is 24.5 Å². The zero-order valence-corrected chi connectivity index (χ0v) is 12.6. The Kier molecular flexibility index (Phi) is 5.79. The molecule has 1 aliphatic rings. The Bertz CT molecular complexity index is 572. The first kappa shape index (κ1) is 15.8. The van der Waals surface area contributed by atoms with E-state index in [1.807, 2.05) is 6.08 Å². The summed E-state index contributed by atoms with van der Waals surface area (Å²) in [5, 5.41) is 7.94. The molecular formula is C15H19N3O4. The number of carbonyl (C=O) groups is 1. The van der Waals surface area contributed by atoms with E-state index in [1.54, 1.807) is 42.7 Å². The molecule has 0 atom stereocenters. The monoisotopic (exact) mass is 305 g/mol. The van der Waals surface area contributed by atoms with Crippen LogP contribution >= 0.6 is 0 Å². The predicted molar refractivity (Wildman–Crippen MR) is 82.9 cm³/mol. The number of carbonyl (C=O) groups excluding carboxylic acids is 1. The van der Waals surface area contributed by atoms with E-state index in [0.717, 1.165) is 12.0 Å². The number of hydrogen-bond donors (Lipinski definition) is 1. The van der Waals surface area contributed by atoms with Gasteiger partial charge in [0, 0.05) is 18.3 Å². The van der Waals surface area contributed by atoms with Gasteiger partial charge in [-0.05, 0) is 24.1 Å². The summed E-state index contributed by atoms with van der Waals surface area (Å²) >= 11 is 0. The van der Waals surface area contributed by atoms with Crippen molar-refractivity contribution in [2.45, 2.75) is 6.42 Å². The number of hydroxylamine groups is 2. The zero-order valence-electron chi connectivity index (χ0n) is 12.6. The summed E-state index contributed by atoms with van der Waals surface area (Å²) in [6.45, 7) is 1.11. The topological polar surface area (TPSA) is 72.4 Å². The SMILES string of the molecule is CO/N=C/C1=CCCN(OC(=O)Nc2cccc(OC)c2)C1. The molecule has 1 N–H and O–H groups in total. The lowest BCUT2D eigenvalue weighted by Crippen LogP contribution is -2.34. The molecule has 1 aromatic rings. The van der Waals surface area contributed by atoms with Gasteiger partial charge in [0.25, 0.3) is 0 Å². The minimum atomic E-state index is -0.543. The maximum Gasteiger partial charge on any atom is 0.430 e. The van der Waals surface area contributed by atoms with Gasteiger partial charge < -0.3 is 14.4 Å². The number of oxime groups is 1. The summed E-state index contributed by atoms with van der Waals surface area (Å²) in [4.78, 5) is 21.8. The number of nitrogens with one attached hydrogen (secondary N) is 1. The Balaban J connectivity index is 1.86. The highest BCUT2D eigenvalue weighted by Crippen LogP contribution is 2.17. The van der Waals surface area contributed by atoms with Gasteiger partial charge in [-0.15, -0.1) is 5.06 Å². The van der Waals surface area contributed by atoms with Crippen molar-refractivity contribution < 1.29 is 19.2 Å². The molecule has 0 radical (unpaired) electrons. The van der Waals surface area contributed by atoms with E-state index in [-0.39, 0.29) is 0 Å². The minimum Gasteiger partial charge on any atom is -0.497 e. The molecule has 0 saturated carbocycles. The van der Waals surface area contributed by atoms with Crippen molar-refractivity contribution >= 4 is 18.0 Å². The molecule has 0 spiro atoms. The molecule has 7 heteroatoms. The van der Waals surface area contributed by atoms with Crippen LogP contribution in [0, 0.1) is 0 Å². The van der Waals surface area contributed by atoms with Crippen LogP contribution in [0.25, 0.3) is 0 Å². The quantitative estimate of drug-likeness (QED) is 0.668. The smallest absolute Gasteiger partial charge is 0.430 e. The van der Waals surface area contributed by atoms with E-state index < -0.39 is 6.09 Å². The Morgan fingerprint density at radius 2 is 2.27 bits per heavy atom. The normalized spacial score (nSPS) is 15.3. The summed E-state index contributed by atoms with van der Waals surface area (Å²) in [5.41, 5.74) is 1.54. The molecule has 22 heavy (non-hydrogen) atoms. The molecule has 0 bridgehead atoms. The van der Waals surface area contributed by atoms with E-state index in [9.17, 15) is 4.79 Å². The largest absolute Gasteiger partial charge is 0.497 e. The Hall–Kier alpha value is -2.54. The van der Waals surface area contributed by atoms with Crippen LogP contribution in [-0.2, 0) is 9.68 Å². The van der Waals surface area contributed by atoms with Crippen molar-refractivity contribution in [3.63, 3.8) is 0 Å². The summed E-state index contributed by atoms with van der Waals surface area (Å²) < 4.78 is 5.10. The lowest BCUT2D eigenvalue weighted by Gasteiger charge is -2.24. The summed E-state index contributed by atoms with van der Waals surface area (Å²) in [7, 11) is 3.05. The van der Waals surface area contributed by atoms with E-state index >= 15 is 0 Å². The molecule has 0 saturated heterocycles. The van der Waals surface area contributed by atoms with E-state index in [1.165, 1.54) is 7.11 Å². The van der Waals surface area contributed by atoms with Crippen LogP contribution in [-0.4, -0.2) is 44.7 Å². The summed E-state index contributed by atoms with van der Waals surface area (Å²) in [5.74, 6) is 0.664. The minimum absolute atomic E-state index is 0.471. The molecular weight excluding hydrogens is 286 g/mol. The van der Waals surface area contributed by atoms with Gasteiger partial charge in [-0.1, -0.05) is 17.3 Å². The van der Waals surface area contributed by atoms with Crippen LogP contribution < -0.4 is 10.1 Å². The first-order valence-corrected chi connectivity index (χ1v) is 6.85. The first-order valence-electron chi connectivity index (χ1n) is 6.85. The fourth-order valence-electron chi connectivity index (χ4n) is 1.99. The molecule has 0 aromatic heterocycles. The van der Waals surface area contributed by atoms with Gasteiger partial charge in [0.1, 0.15) is 12.9 Å². The third-order valence-electron chi connectivity index (χ3n) is 3.00. The third-order valence-corrected chi connectivity index (χ3v) is 3.00. The number of amides is 1. The number of rotatable bonds is 5. The van der Waals surface area contributed by atoms with Crippen LogP contribution in [0.3, 0.4) is 0 Å². The summed E-state index contributed by atoms with van der Waals surface area (Å²) in [6, 6.07) is 7.06. The molecule has 1 aromatic carbocycles. The number of methoxy groups -OCH3 is 1. The van der Waals surface area contributed by atoms with Crippen molar-refractivity contribution in [3.8, 4) is 5.75 Å². The van der Waals surface area contributed by atoms with Gasteiger partial charge in [-0.3, -0.25) is 5.32 Å². The van der Waals surface area contributed by atoms with Crippen molar-refractivity contribution in [2.75, 3.05) is 32.6 Å². The molecule has 1 heterocycles. The van der Waals surface area contributed by atoms with E-state index in [2.05, 4.69) is 15.3 Å². The second kappa shape index (κ2) is 8.04. The van der Waals surface area contributed by atoms with Gasteiger partial charge in [0.2, 0.25) is 0 Å². The highest BCUT2D eigenvalue weighted by Gasteiger charge is 2.16. The van der Waals surface area contributed by atoms with Crippen LogP contribution in [0.1, 0.15) is 6.42 Å². The zero-order chi connectivity index (χ0) is 15.8. The van der Waals surface area contributed by atoms with Crippen LogP contribution in [0.15, 0.2) is 41.1 Å². The molecule has 1 amide bonds.